The lowest BCUT2D eigenvalue weighted by Crippen LogP contribution is -2.52. The summed E-state index contributed by atoms with van der Waals surface area (Å²) in [5.41, 5.74) is 0.337. The maximum absolute atomic E-state index is 3.59. The number of rotatable bonds is 3. The van der Waals surface area contributed by atoms with Gasteiger partial charge < -0.3 is 10.6 Å². The van der Waals surface area contributed by atoms with Crippen molar-refractivity contribution >= 4 is 0 Å². The highest BCUT2D eigenvalue weighted by atomic mass is 15.0. The van der Waals surface area contributed by atoms with Gasteiger partial charge in [0.2, 0.25) is 0 Å². The molecule has 72 valence electrons. The Hall–Kier alpha value is -0.0800. The van der Waals surface area contributed by atoms with Crippen LogP contribution >= 0.6 is 0 Å². The zero-order valence-electron chi connectivity index (χ0n) is 8.61. The van der Waals surface area contributed by atoms with Gasteiger partial charge in [-0.1, -0.05) is 6.92 Å². The average molecular weight is 170 g/mol. The van der Waals surface area contributed by atoms with Gasteiger partial charge in [-0.25, -0.2) is 0 Å². The molecular weight excluding hydrogens is 148 g/mol. The van der Waals surface area contributed by atoms with Crippen LogP contribution in [0.5, 0.6) is 0 Å². The van der Waals surface area contributed by atoms with Gasteiger partial charge in [0.15, 0.2) is 0 Å². The fourth-order valence-electron chi connectivity index (χ4n) is 1.90. The first-order chi connectivity index (χ1) is 5.64. The summed E-state index contributed by atoms with van der Waals surface area (Å²) in [7, 11) is 0. The van der Waals surface area contributed by atoms with E-state index in [4.69, 9.17) is 0 Å². The number of nitrogens with one attached hydrogen (secondary N) is 2. The molecule has 2 heteroatoms. The Labute approximate surface area is 76.1 Å². The molecule has 0 saturated carbocycles. The minimum absolute atomic E-state index is 0.337. The Bertz CT molecular complexity index is 132. The summed E-state index contributed by atoms with van der Waals surface area (Å²) in [5.74, 6) is 0. The van der Waals surface area contributed by atoms with Crippen LogP contribution in [-0.2, 0) is 0 Å². The van der Waals surface area contributed by atoms with Crippen molar-refractivity contribution in [1.82, 2.24) is 10.6 Å². The first kappa shape index (κ1) is 10.0. The van der Waals surface area contributed by atoms with Gasteiger partial charge in [-0.2, -0.15) is 0 Å². The standard InChI is InChI=1S/C10H22N2/c1-4-6-11-9-5-7-12-10(2,3)8-9/h9,11-12H,4-8H2,1-3H3. The van der Waals surface area contributed by atoms with Crippen molar-refractivity contribution in [3.63, 3.8) is 0 Å². The first-order valence-corrected chi connectivity index (χ1v) is 5.12. The van der Waals surface area contributed by atoms with Crippen molar-refractivity contribution in [3.8, 4) is 0 Å². The lowest BCUT2D eigenvalue weighted by atomic mass is 9.89. The highest BCUT2D eigenvalue weighted by Gasteiger charge is 2.26. The highest BCUT2D eigenvalue weighted by molar-refractivity contribution is 4.89. The lowest BCUT2D eigenvalue weighted by molar-refractivity contribution is 0.249. The SMILES string of the molecule is CCCNC1CCNC(C)(C)C1. The molecule has 2 nitrogen and oxygen atoms in total. The summed E-state index contributed by atoms with van der Waals surface area (Å²) in [6.07, 6.45) is 3.78. The predicted octanol–water partition coefficient (Wildman–Crippen LogP) is 1.52. The molecule has 1 fully saturated rings. The second kappa shape index (κ2) is 4.24. The molecule has 0 spiro atoms. The molecule has 0 aromatic rings. The van der Waals surface area contributed by atoms with Gasteiger partial charge in [0.05, 0.1) is 0 Å². The van der Waals surface area contributed by atoms with E-state index in [1.807, 2.05) is 0 Å². The van der Waals surface area contributed by atoms with Gasteiger partial charge in [0, 0.05) is 11.6 Å². The fourth-order valence-corrected chi connectivity index (χ4v) is 1.90. The third kappa shape index (κ3) is 3.11. The molecule has 1 saturated heterocycles. The molecule has 1 aliphatic rings. The zero-order chi connectivity index (χ0) is 9.03. The van der Waals surface area contributed by atoms with Gasteiger partial charge in [-0.15, -0.1) is 0 Å². The molecule has 0 aromatic heterocycles. The Morgan fingerprint density at radius 1 is 1.50 bits per heavy atom. The maximum atomic E-state index is 3.59. The van der Waals surface area contributed by atoms with Crippen molar-refractivity contribution in [1.29, 1.82) is 0 Å². The molecule has 0 radical (unpaired) electrons. The van der Waals surface area contributed by atoms with E-state index in [-0.39, 0.29) is 0 Å². The minimum Gasteiger partial charge on any atom is -0.314 e. The normalized spacial score (nSPS) is 28.8. The Kier molecular flexibility index (Phi) is 3.53. The van der Waals surface area contributed by atoms with E-state index in [1.54, 1.807) is 0 Å². The molecular formula is C10H22N2. The van der Waals surface area contributed by atoms with Crippen molar-refractivity contribution < 1.29 is 0 Å². The van der Waals surface area contributed by atoms with E-state index < -0.39 is 0 Å². The molecule has 1 unspecified atom stereocenters. The summed E-state index contributed by atoms with van der Waals surface area (Å²) >= 11 is 0. The topological polar surface area (TPSA) is 24.1 Å². The fraction of sp³-hybridized carbons (Fsp3) is 1.00. The number of piperidine rings is 1. The first-order valence-electron chi connectivity index (χ1n) is 5.12. The zero-order valence-corrected chi connectivity index (χ0v) is 8.61. The smallest absolute Gasteiger partial charge is 0.0139 e. The number of hydrogen-bond acceptors (Lipinski definition) is 2. The van der Waals surface area contributed by atoms with Crippen LogP contribution in [0.25, 0.3) is 0 Å². The van der Waals surface area contributed by atoms with Crippen molar-refractivity contribution in [3.05, 3.63) is 0 Å². The van der Waals surface area contributed by atoms with Crippen LogP contribution in [0.1, 0.15) is 40.0 Å². The lowest BCUT2D eigenvalue weighted by Gasteiger charge is -2.37. The van der Waals surface area contributed by atoms with Gasteiger partial charge in [-0.3, -0.25) is 0 Å². The Balaban J connectivity index is 2.26. The molecule has 12 heavy (non-hydrogen) atoms. The molecule has 0 bridgehead atoms. The molecule has 0 amide bonds. The largest absolute Gasteiger partial charge is 0.314 e. The van der Waals surface area contributed by atoms with Crippen LogP contribution in [0.4, 0.5) is 0 Å². The van der Waals surface area contributed by atoms with Crippen LogP contribution in [0.15, 0.2) is 0 Å². The summed E-state index contributed by atoms with van der Waals surface area (Å²) < 4.78 is 0. The van der Waals surface area contributed by atoms with Gasteiger partial charge in [0.1, 0.15) is 0 Å². The van der Waals surface area contributed by atoms with Crippen molar-refractivity contribution in [2.24, 2.45) is 0 Å². The van der Waals surface area contributed by atoms with E-state index >= 15 is 0 Å². The second-order valence-corrected chi connectivity index (χ2v) is 4.45. The Morgan fingerprint density at radius 2 is 2.25 bits per heavy atom. The molecule has 0 aromatic carbocycles. The minimum atomic E-state index is 0.337. The van der Waals surface area contributed by atoms with Gasteiger partial charge in [-0.05, 0) is 46.2 Å². The third-order valence-corrected chi connectivity index (χ3v) is 2.54. The van der Waals surface area contributed by atoms with Crippen LogP contribution in [0.2, 0.25) is 0 Å². The highest BCUT2D eigenvalue weighted by Crippen LogP contribution is 2.17. The summed E-state index contributed by atoms with van der Waals surface area (Å²) in [4.78, 5) is 0. The molecule has 1 aliphatic heterocycles. The van der Waals surface area contributed by atoms with E-state index in [0.29, 0.717) is 5.54 Å². The summed E-state index contributed by atoms with van der Waals surface area (Å²) in [6.45, 7) is 9.12. The summed E-state index contributed by atoms with van der Waals surface area (Å²) in [6, 6.07) is 0.737. The van der Waals surface area contributed by atoms with Crippen molar-refractivity contribution in [2.75, 3.05) is 13.1 Å². The van der Waals surface area contributed by atoms with E-state index in [2.05, 4.69) is 31.4 Å². The predicted molar refractivity (Wildman–Crippen MR) is 53.4 cm³/mol. The van der Waals surface area contributed by atoms with E-state index in [1.165, 1.54) is 25.8 Å². The number of hydrogen-bond donors (Lipinski definition) is 2. The third-order valence-electron chi connectivity index (χ3n) is 2.54. The second-order valence-electron chi connectivity index (χ2n) is 4.45. The summed E-state index contributed by atoms with van der Waals surface area (Å²) in [5, 5.41) is 7.11. The van der Waals surface area contributed by atoms with Gasteiger partial charge >= 0.3 is 0 Å². The van der Waals surface area contributed by atoms with Crippen LogP contribution < -0.4 is 10.6 Å². The van der Waals surface area contributed by atoms with E-state index in [0.717, 1.165) is 12.6 Å². The van der Waals surface area contributed by atoms with Crippen molar-refractivity contribution in [2.45, 2.75) is 51.6 Å². The maximum Gasteiger partial charge on any atom is 0.0139 e. The molecule has 1 atom stereocenters. The molecule has 1 heterocycles. The monoisotopic (exact) mass is 170 g/mol. The molecule has 2 N–H and O–H groups in total. The van der Waals surface area contributed by atoms with Gasteiger partial charge in [0.25, 0.3) is 0 Å². The van der Waals surface area contributed by atoms with Crippen LogP contribution in [0.3, 0.4) is 0 Å². The van der Waals surface area contributed by atoms with E-state index in [9.17, 15) is 0 Å². The van der Waals surface area contributed by atoms with Crippen LogP contribution in [-0.4, -0.2) is 24.7 Å². The molecule has 1 rings (SSSR count). The quantitative estimate of drug-likeness (QED) is 0.671. The Morgan fingerprint density at radius 3 is 2.83 bits per heavy atom. The molecule has 0 aliphatic carbocycles. The average Bonchev–Trinajstić information content (AvgIpc) is 1.99. The van der Waals surface area contributed by atoms with Crippen LogP contribution in [0, 0.1) is 0 Å².